The van der Waals surface area contributed by atoms with Crippen LogP contribution in [0.25, 0.3) is 5.69 Å². The van der Waals surface area contributed by atoms with E-state index >= 15 is 0 Å². The molecule has 0 N–H and O–H groups in total. The summed E-state index contributed by atoms with van der Waals surface area (Å²) in [5, 5.41) is 3.89. The van der Waals surface area contributed by atoms with E-state index in [4.69, 9.17) is 8.92 Å². The fraction of sp³-hybridized carbons (Fsp3) is 0.190. The van der Waals surface area contributed by atoms with E-state index in [9.17, 15) is 31.2 Å². The number of carbonyl (C=O) groups excluding carboxylic acids is 1. The van der Waals surface area contributed by atoms with Gasteiger partial charge in [-0.05, 0) is 37.6 Å². The van der Waals surface area contributed by atoms with Gasteiger partial charge in [-0.15, -0.1) is 0 Å². The van der Waals surface area contributed by atoms with Gasteiger partial charge in [-0.25, -0.2) is 4.79 Å². The number of halogens is 3. The Morgan fingerprint density at radius 2 is 1.73 bits per heavy atom. The van der Waals surface area contributed by atoms with Crippen LogP contribution >= 0.6 is 0 Å². The van der Waals surface area contributed by atoms with Gasteiger partial charge in [0.05, 0.1) is 23.9 Å². The largest absolute Gasteiger partial charge is 0.461 e. The first-order chi connectivity index (χ1) is 15.5. The minimum Gasteiger partial charge on any atom is -0.461 e. The number of rotatable bonds is 6. The number of nitrogens with zero attached hydrogens (tertiary/aromatic N) is 2. The first-order valence-electron chi connectivity index (χ1n) is 9.44. The zero-order chi connectivity index (χ0) is 24.4. The average molecular weight is 482 g/mol. The van der Waals surface area contributed by atoms with E-state index < -0.39 is 49.7 Å². The second-order valence-electron chi connectivity index (χ2n) is 6.65. The average Bonchev–Trinajstić information content (AvgIpc) is 2.74. The first-order valence-corrected chi connectivity index (χ1v) is 10.8. The van der Waals surface area contributed by atoms with Crippen LogP contribution in [0.3, 0.4) is 0 Å². The lowest BCUT2D eigenvalue weighted by Crippen LogP contribution is -2.27. The first kappa shape index (κ1) is 24.0. The second-order valence-corrected chi connectivity index (χ2v) is 8.16. The Labute approximate surface area is 186 Å². The molecule has 0 amide bonds. The van der Waals surface area contributed by atoms with Crippen LogP contribution in [0, 0.1) is 6.92 Å². The molecule has 3 rings (SSSR count). The lowest BCUT2D eigenvalue weighted by Gasteiger charge is -2.15. The van der Waals surface area contributed by atoms with Crippen LogP contribution in [0.5, 0.6) is 5.75 Å². The Hall–Kier alpha value is -3.67. The number of alkyl halides is 3. The number of hydrogen-bond donors (Lipinski definition) is 0. The zero-order valence-electron chi connectivity index (χ0n) is 17.3. The van der Waals surface area contributed by atoms with Crippen LogP contribution in [0.15, 0.2) is 64.3 Å². The third-order valence-electron chi connectivity index (χ3n) is 4.37. The molecule has 0 aliphatic heterocycles. The van der Waals surface area contributed by atoms with Crippen molar-refractivity contribution in [2.75, 3.05) is 6.61 Å². The van der Waals surface area contributed by atoms with Gasteiger partial charge in [0, 0.05) is 0 Å². The number of hydrogen-bond acceptors (Lipinski definition) is 7. The molecule has 0 aliphatic rings. The maximum atomic E-state index is 13.3. The Balaban J connectivity index is 2.18. The van der Waals surface area contributed by atoms with Crippen molar-refractivity contribution in [3.05, 3.63) is 81.8 Å². The molecule has 0 aliphatic carbocycles. The Morgan fingerprint density at radius 3 is 2.36 bits per heavy atom. The van der Waals surface area contributed by atoms with Gasteiger partial charge in [0.15, 0.2) is 5.75 Å². The van der Waals surface area contributed by atoms with Crippen molar-refractivity contribution < 1.29 is 35.3 Å². The highest BCUT2D eigenvalue weighted by atomic mass is 32.2. The van der Waals surface area contributed by atoms with E-state index in [1.807, 2.05) is 0 Å². The smallest absolute Gasteiger partial charge is 0.417 e. The number of benzene rings is 2. The molecule has 0 saturated carbocycles. The van der Waals surface area contributed by atoms with Gasteiger partial charge in [0.2, 0.25) is 5.69 Å². The van der Waals surface area contributed by atoms with Gasteiger partial charge in [0.1, 0.15) is 4.90 Å². The summed E-state index contributed by atoms with van der Waals surface area (Å²) in [5.41, 5.74) is -2.14. The molecule has 0 radical (unpaired) electrons. The number of ether oxygens (including phenoxy) is 1. The Kier molecular flexibility index (Phi) is 6.58. The summed E-state index contributed by atoms with van der Waals surface area (Å²) in [7, 11) is -5.12. The summed E-state index contributed by atoms with van der Waals surface area (Å²) in [4.78, 5) is 23.9. The lowest BCUT2D eigenvalue weighted by molar-refractivity contribution is -0.139. The molecule has 0 fully saturated rings. The van der Waals surface area contributed by atoms with Crippen LogP contribution in [-0.4, -0.2) is 30.8 Å². The van der Waals surface area contributed by atoms with Crippen molar-refractivity contribution in [3.8, 4) is 11.4 Å². The monoisotopic (exact) mass is 482 g/mol. The van der Waals surface area contributed by atoms with E-state index in [0.717, 1.165) is 16.8 Å². The van der Waals surface area contributed by atoms with Crippen LogP contribution < -0.4 is 9.74 Å². The predicted octanol–water partition coefficient (Wildman–Crippen LogP) is 3.50. The molecule has 1 aromatic heterocycles. The highest BCUT2D eigenvalue weighted by Crippen LogP contribution is 2.35. The maximum absolute atomic E-state index is 13.3. The molecule has 0 saturated heterocycles. The molecule has 0 bridgehead atoms. The highest BCUT2D eigenvalue weighted by Gasteiger charge is 2.38. The molecule has 1 heterocycles. The third kappa shape index (κ3) is 5.06. The van der Waals surface area contributed by atoms with Crippen molar-refractivity contribution in [1.29, 1.82) is 0 Å². The summed E-state index contributed by atoms with van der Waals surface area (Å²) in [5.74, 6) is -1.99. The van der Waals surface area contributed by atoms with Crippen LogP contribution in [0.1, 0.15) is 28.5 Å². The lowest BCUT2D eigenvalue weighted by atomic mass is 10.2. The van der Waals surface area contributed by atoms with Gasteiger partial charge >= 0.3 is 22.3 Å². The van der Waals surface area contributed by atoms with Crippen molar-refractivity contribution in [2.24, 2.45) is 0 Å². The number of aryl methyl sites for hydroxylation is 1. The third-order valence-corrected chi connectivity index (χ3v) is 5.66. The molecule has 33 heavy (non-hydrogen) atoms. The van der Waals surface area contributed by atoms with Crippen LogP contribution in [-0.2, 0) is 21.0 Å². The number of carbonyl (C=O) groups is 1. The van der Waals surface area contributed by atoms with E-state index in [-0.39, 0.29) is 6.61 Å². The zero-order valence-corrected chi connectivity index (χ0v) is 18.1. The number of aromatic nitrogens is 2. The normalized spacial score (nSPS) is 11.8. The molecule has 0 atom stereocenters. The highest BCUT2D eigenvalue weighted by molar-refractivity contribution is 7.87. The Morgan fingerprint density at radius 1 is 1.09 bits per heavy atom. The summed E-state index contributed by atoms with van der Waals surface area (Å²) in [6.07, 6.45) is -5.00. The number of para-hydroxylation sites is 1. The minimum atomic E-state index is -5.12. The molecule has 3 aromatic rings. The van der Waals surface area contributed by atoms with Gasteiger partial charge in [-0.3, -0.25) is 4.79 Å². The molecule has 0 unspecified atom stereocenters. The van der Waals surface area contributed by atoms with Gasteiger partial charge in [-0.1, -0.05) is 30.3 Å². The SMILES string of the molecule is CCOC(=O)c1nn(-c2ccccc2C)c(=O)cc1OS(=O)(=O)c1ccccc1C(F)(F)F. The second kappa shape index (κ2) is 9.06. The van der Waals surface area contributed by atoms with E-state index in [2.05, 4.69) is 5.10 Å². The maximum Gasteiger partial charge on any atom is 0.417 e. The van der Waals surface area contributed by atoms with Crippen molar-refractivity contribution in [1.82, 2.24) is 9.78 Å². The van der Waals surface area contributed by atoms with Crippen molar-refractivity contribution in [2.45, 2.75) is 24.9 Å². The summed E-state index contributed by atoms with van der Waals surface area (Å²) in [6.45, 7) is 3.04. The van der Waals surface area contributed by atoms with Gasteiger partial charge in [-0.2, -0.15) is 31.4 Å². The molecule has 8 nitrogen and oxygen atoms in total. The molecule has 174 valence electrons. The quantitative estimate of drug-likeness (QED) is 0.391. The molecular weight excluding hydrogens is 465 g/mol. The molecule has 12 heteroatoms. The fourth-order valence-corrected chi connectivity index (χ4v) is 4.05. The van der Waals surface area contributed by atoms with E-state index in [1.165, 1.54) is 13.0 Å². The topological polar surface area (TPSA) is 105 Å². The van der Waals surface area contributed by atoms with E-state index in [1.54, 1.807) is 25.1 Å². The summed E-state index contributed by atoms with van der Waals surface area (Å²) >= 11 is 0. The van der Waals surface area contributed by atoms with Crippen LogP contribution in [0.4, 0.5) is 13.2 Å². The van der Waals surface area contributed by atoms with Gasteiger partial charge < -0.3 is 8.92 Å². The summed E-state index contributed by atoms with van der Waals surface area (Å²) in [6, 6.07) is 10.5. The van der Waals surface area contributed by atoms with E-state index in [0.29, 0.717) is 29.4 Å². The van der Waals surface area contributed by atoms with Crippen molar-refractivity contribution >= 4 is 16.1 Å². The number of esters is 1. The molecular formula is C21H17F3N2O6S. The summed E-state index contributed by atoms with van der Waals surface area (Å²) < 4.78 is 75.9. The predicted molar refractivity (Wildman–Crippen MR) is 110 cm³/mol. The Bertz CT molecular complexity index is 1370. The molecule has 0 spiro atoms. The standard InChI is InChI=1S/C21H17F3N2O6S/c1-3-31-20(28)19-16(12-18(27)26(25-19)15-10-6-4-8-13(15)2)32-33(29,30)17-11-7-5-9-14(17)21(22,23)24/h4-12H,3H2,1-2H3. The van der Waals surface area contributed by atoms with Gasteiger partial charge in [0.25, 0.3) is 5.56 Å². The van der Waals surface area contributed by atoms with Crippen molar-refractivity contribution in [3.63, 3.8) is 0 Å². The van der Waals surface area contributed by atoms with Crippen LogP contribution in [0.2, 0.25) is 0 Å². The fourth-order valence-electron chi connectivity index (χ4n) is 2.90. The minimum absolute atomic E-state index is 0.118. The molecule has 2 aromatic carbocycles.